The third kappa shape index (κ3) is 4.86. The number of benzene rings is 3. The van der Waals surface area contributed by atoms with Gasteiger partial charge in [0.2, 0.25) is 0 Å². The Morgan fingerprint density at radius 2 is 1.64 bits per heavy atom. The number of carbonyl (C=O) groups is 2. The first-order valence-electron chi connectivity index (χ1n) is 8.58. The largest absolute Gasteiger partial charge is 0.507 e. The van der Waals surface area contributed by atoms with Crippen molar-refractivity contribution < 1.29 is 24.5 Å². The highest BCUT2D eigenvalue weighted by Crippen LogP contribution is 2.25. The number of carboxylic acid groups (broad SMARTS) is 1. The normalized spacial score (nSPS) is 10.7. The number of allylic oxidation sites excluding steroid dienone is 1. The third-order valence-electron chi connectivity index (χ3n) is 4.07. The minimum atomic E-state index is -1.01. The Balaban J connectivity index is 1.65. The van der Waals surface area contributed by atoms with Crippen LogP contribution < -0.4 is 4.74 Å². The van der Waals surface area contributed by atoms with Gasteiger partial charge in [-0.3, -0.25) is 4.79 Å². The molecule has 0 heterocycles. The summed E-state index contributed by atoms with van der Waals surface area (Å²) in [6, 6.07) is 20.3. The predicted molar refractivity (Wildman–Crippen MR) is 106 cm³/mol. The van der Waals surface area contributed by atoms with Crippen molar-refractivity contribution in [3.8, 4) is 11.5 Å². The van der Waals surface area contributed by atoms with Crippen molar-refractivity contribution in [2.45, 2.75) is 6.61 Å². The van der Waals surface area contributed by atoms with E-state index in [1.54, 1.807) is 24.3 Å². The van der Waals surface area contributed by atoms with Crippen LogP contribution >= 0.6 is 0 Å². The van der Waals surface area contributed by atoms with Gasteiger partial charge in [-0.2, -0.15) is 0 Å². The van der Waals surface area contributed by atoms with Gasteiger partial charge in [-0.05, 0) is 41.5 Å². The van der Waals surface area contributed by atoms with Crippen LogP contribution in [0.5, 0.6) is 11.5 Å². The average molecular weight is 374 g/mol. The fraction of sp³-hybridized carbons (Fsp3) is 0.0435. The van der Waals surface area contributed by atoms with Gasteiger partial charge in [-0.25, -0.2) is 4.79 Å². The maximum Gasteiger partial charge on any atom is 0.335 e. The summed E-state index contributed by atoms with van der Waals surface area (Å²) in [6.07, 6.45) is 2.89. The van der Waals surface area contributed by atoms with Crippen LogP contribution in [0.25, 0.3) is 6.08 Å². The van der Waals surface area contributed by atoms with E-state index in [1.165, 1.54) is 30.3 Å². The van der Waals surface area contributed by atoms with E-state index < -0.39 is 5.97 Å². The number of phenols is 1. The second kappa shape index (κ2) is 8.68. The molecule has 0 spiro atoms. The van der Waals surface area contributed by atoms with Gasteiger partial charge in [0.15, 0.2) is 5.78 Å². The Kier molecular flexibility index (Phi) is 5.87. The highest BCUT2D eigenvalue weighted by Gasteiger charge is 2.10. The van der Waals surface area contributed by atoms with Crippen LogP contribution in [0, 0.1) is 0 Å². The van der Waals surface area contributed by atoms with Crippen LogP contribution in [0.15, 0.2) is 78.9 Å². The van der Waals surface area contributed by atoms with Gasteiger partial charge in [0.25, 0.3) is 0 Å². The number of ketones is 1. The Bertz CT molecular complexity index is 1000. The molecule has 0 aliphatic heterocycles. The summed E-state index contributed by atoms with van der Waals surface area (Å²) in [5, 5.41) is 19.0. The Hall–Kier alpha value is -3.86. The van der Waals surface area contributed by atoms with Crippen LogP contribution in [0.4, 0.5) is 0 Å². The highest BCUT2D eigenvalue weighted by atomic mass is 16.5. The second-order valence-electron chi connectivity index (χ2n) is 6.08. The van der Waals surface area contributed by atoms with Crippen LogP contribution in [0.3, 0.4) is 0 Å². The van der Waals surface area contributed by atoms with E-state index in [4.69, 9.17) is 9.84 Å². The number of rotatable bonds is 7. The topological polar surface area (TPSA) is 83.8 Å². The zero-order valence-electron chi connectivity index (χ0n) is 14.9. The number of hydrogen-bond donors (Lipinski definition) is 2. The molecular formula is C23H18O5. The number of aromatic carboxylic acids is 1. The zero-order chi connectivity index (χ0) is 19.9. The maximum atomic E-state index is 12.3. The smallest absolute Gasteiger partial charge is 0.335 e. The molecule has 0 atom stereocenters. The molecule has 0 saturated carbocycles. The lowest BCUT2D eigenvalue weighted by atomic mass is 10.1. The van der Waals surface area contributed by atoms with E-state index in [9.17, 15) is 14.7 Å². The summed E-state index contributed by atoms with van der Waals surface area (Å²) < 4.78 is 5.63. The van der Waals surface area contributed by atoms with Crippen molar-refractivity contribution in [2.24, 2.45) is 0 Å². The summed E-state index contributed by atoms with van der Waals surface area (Å²) in [7, 11) is 0. The second-order valence-corrected chi connectivity index (χ2v) is 6.08. The summed E-state index contributed by atoms with van der Waals surface area (Å²) >= 11 is 0. The molecule has 0 bridgehead atoms. The van der Waals surface area contributed by atoms with Gasteiger partial charge in [0, 0.05) is 6.07 Å². The van der Waals surface area contributed by atoms with E-state index in [1.807, 2.05) is 30.3 Å². The van der Waals surface area contributed by atoms with Gasteiger partial charge in [-0.15, -0.1) is 0 Å². The summed E-state index contributed by atoms with van der Waals surface area (Å²) in [5.74, 6) is -1.08. The first-order valence-corrected chi connectivity index (χ1v) is 8.58. The minimum Gasteiger partial charge on any atom is -0.507 e. The molecule has 0 fully saturated rings. The van der Waals surface area contributed by atoms with Gasteiger partial charge in [-0.1, -0.05) is 48.5 Å². The molecule has 2 N–H and O–H groups in total. The third-order valence-corrected chi connectivity index (χ3v) is 4.07. The monoisotopic (exact) mass is 374 g/mol. The number of hydrogen-bond acceptors (Lipinski definition) is 4. The molecule has 5 nitrogen and oxygen atoms in total. The number of phenolic OH excluding ortho intramolecular Hbond substituents is 1. The van der Waals surface area contributed by atoms with Gasteiger partial charge in [0.1, 0.15) is 18.1 Å². The molecule has 28 heavy (non-hydrogen) atoms. The molecular weight excluding hydrogens is 356 g/mol. The Labute approximate surface area is 162 Å². The molecule has 3 aromatic carbocycles. The lowest BCUT2D eigenvalue weighted by molar-refractivity contribution is 0.0696. The van der Waals surface area contributed by atoms with Crippen molar-refractivity contribution >= 4 is 17.8 Å². The molecule has 3 rings (SSSR count). The fourth-order valence-electron chi connectivity index (χ4n) is 2.55. The van der Waals surface area contributed by atoms with Crippen LogP contribution in [-0.4, -0.2) is 22.0 Å². The van der Waals surface area contributed by atoms with E-state index in [-0.39, 0.29) is 22.7 Å². The SMILES string of the molecule is O=C(O)c1ccc(/C=C/C(=O)c2ccc(OCc3ccccc3)cc2O)cc1. The standard InChI is InChI=1S/C23H18O5/c24-21(13-8-16-6-9-18(10-7-16)23(26)27)20-12-11-19(14-22(20)25)28-15-17-4-2-1-3-5-17/h1-14,25H,15H2,(H,26,27)/b13-8+. The average Bonchev–Trinajstić information content (AvgIpc) is 2.71. The Morgan fingerprint density at radius 3 is 2.29 bits per heavy atom. The molecule has 0 amide bonds. The van der Waals surface area contributed by atoms with Crippen LogP contribution in [-0.2, 0) is 6.61 Å². The van der Waals surface area contributed by atoms with Crippen molar-refractivity contribution in [1.82, 2.24) is 0 Å². The Morgan fingerprint density at radius 1 is 0.929 bits per heavy atom. The first-order chi connectivity index (χ1) is 13.5. The molecule has 0 aliphatic rings. The minimum absolute atomic E-state index is 0.158. The van der Waals surface area contributed by atoms with Crippen LogP contribution in [0.1, 0.15) is 31.8 Å². The van der Waals surface area contributed by atoms with Crippen molar-refractivity contribution in [2.75, 3.05) is 0 Å². The summed E-state index contributed by atoms with van der Waals surface area (Å²) in [6.45, 7) is 0.361. The number of carbonyl (C=O) groups excluding carboxylic acids is 1. The highest BCUT2D eigenvalue weighted by molar-refractivity contribution is 6.08. The maximum absolute atomic E-state index is 12.3. The molecule has 140 valence electrons. The molecule has 0 aliphatic carbocycles. The molecule has 5 heteroatoms. The molecule has 3 aromatic rings. The van der Waals surface area contributed by atoms with E-state index in [0.29, 0.717) is 17.9 Å². The van der Waals surface area contributed by atoms with Crippen molar-refractivity contribution in [3.05, 3.63) is 101 Å². The van der Waals surface area contributed by atoms with Crippen LogP contribution in [0.2, 0.25) is 0 Å². The zero-order valence-corrected chi connectivity index (χ0v) is 14.9. The quantitative estimate of drug-likeness (QED) is 0.468. The lowest BCUT2D eigenvalue weighted by Gasteiger charge is -2.08. The molecule has 0 radical (unpaired) electrons. The molecule has 0 saturated heterocycles. The van der Waals surface area contributed by atoms with E-state index in [0.717, 1.165) is 5.56 Å². The van der Waals surface area contributed by atoms with E-state index in [2.05, 4.69) is 0 Å². The van der Waals surface area contributed by atoms with Gasteiger partial charge >= 0.3 is 5.97 Å². The lowest BCUT2D eigenvalue weighted by Crippen LogP contribution is -1.98. The number of carboxylic acids is 1. The van der Waals surface area contributed by atoms with Crippen molar-refractivity contribution in [3.63, 3.8) is 0 Å². The number of aromatic hydroxyl groups is 1. The predicted octanol–water partition coefficient (Wildman–Crippen LogP) is 4.57. The molecule has 0 unspecified atom stereocenters. The van der Waals surface area contributed by atoms with Gasteiger partial charge in [0.05, 0.1) is 11.1 Å². The van der Waals surface area contributed by atoms with E-state index >= 15 is 0 Å². The van der Waals surface area contributed by atoms with Gasteiger partial charge < -0.3 is 14.9 Å². The fourth-order valence-corrected chi connectivity index (χ4v) is 2.55. The summed E-state index contributed by atoms with van der Waals surface area (Å²) in [5.41, 5.74) is 2.01. The molecule has 0 aromatic heterocycles. The summed E-state index contributed by atoms with van der Waals surface area (Å²) in [4.78, 5) is 23.2. The first kappa shape index (κ1) is 18.9. The van der Waals surface area contributed by atoms with Crippen molar-refractivity contribution in [1.29, 1.82) is 0 Å². The number of ether oxygens (including phenoxy) is 1.